The van der Waals surface area contributed by atoms with Gasteiger partial charge in [-0.25, -0.2) is 0 Å². The number of ether oxygens (including phenoxy) is 1. The predicted octanol–water partition coefficient (Wildman–Crippen LogP) is 1.82. The Kier molecular flexibility index (Phi) is 3.33. The van der Waals surface area contributed by atoms with Gasteiger partial charge in [-0.15, -0.1) is 0 Å². The van der Waals surface area contributed by atoms with E-state index in [2.05, 4.69) is 4.90 Å². The summed E-state index contributed by atoms with van der Waals surface area (Å²) in [5.74, 6) is -0.0818. The van der Waals surface area contributed by atoms with Gasteiger partial charge in [0.05, 0.1) is 18.2 Å². The molecule has 4 nitrogen and oxygen atoms in total. The Balaban J connectivity index is 2.21. The number of carbonyl (C=O) groups is 1. The lowest BCUT2D eigenvalue weighted by Gasteiger charge is -2.25. The van der Waals surface area contributed by atoms with Gasteiger partial charge in [0, 0.05) is 25.4 Å². The number of likely N-dealkylation sites (N-methyl/N-ethyl adjacent to an activating group) is 1. The maximum atomic E-state index is 11.2. The average molecular weight is 235 g/mol. The largest absolute Gasteiger partial charge is 0.507 e. The molecule has 0 radical (unpaired) electrons. The lowest BCUT2D eigenvalue weighted by Crippen LogP contribution is -2.31. The first-order valence-electron chi connectivity index (χ1n) is 5.74. The van der Waals surface area contributed by atoms with Crippen LogP contribution < -0.4 is 4.90 Å². The third-order valence-electron chi connectivity index (χ3n) is 3.22. The average Bonchev–Trinajstić information content (AvgIpc) is 2.80. The molecule has 1 heterocycles. The SMILES string of the molecule is CC(=O)c1ccc(N(C)C2CCOC2)cc1O. The lowest BCUT2D eigenvalue weighted by molar-refractivity contribution is 0.101. The zero-order valence-corrected chi connectivity index (χ0v) is 10.1. The second-order valence-electron chi connectivity index (χ2n) is 4.39. The van der Waals surface area contributed by atoms with Gasteiger partial charge in [-0.3, -0.25) is 4.79 Å². The van der Waals surface area contributed by atoms with E-state index in [1.54, 1.807) is 12.1 Å². The Bertz CT molecular complexity index is 425. The topological polar surface area (TPSA) is 49.8 Å². The Morgan fingerprint density at radius 3 is 2.82 bits per heavy atom. The summed E-state index contributed by atoms with van der Waals surface area (Å²) in [5, 5.41) is 9.77. The number of phenols is 1. The summed E-state index contributed by atoms with van der Waals surface area (Å²) in [6, 6.07) is 5.50. The number of nitrogens with zero attached hydrogens (tertiary/aromatic N) is 1. The van der Waals surface area contributed by atoms with Crippen LogP contribution in [0, 0.1) is 0 Å². The van der Waals surface area contributed by atoms with E-state index in [1.807, 2.05) is 13.1 Å². The Hall–Kier alpha value is -1.55. The van der Waals surface area contributed by atoms with E-state index >= 15 is 0 Å². The highest BCUT2D eigenvalue weighted by Crippen LogP contribution is 2.27. The number of hydrogen-bond donors (Lipinski definition) is 1. The number of phenolic OH excluding ortho intramolecular Hbond substituents is 1. The predicted molar refractivity (Wildman–Crippen MR) is 65.7 cm³/mol. The molecule has 0 spiro atoms. The molecule has 0 aromatic heterocycles. The quantitative estimate of drug-likeness (QED) is 0.812. The number of benzene rings is 1. The third kappa shape index (κ3) is 2.42. The molecule has 2 rings (SSSR count). The first-order valence-corrected chi connectivity index (χ1v) is 5.74. The number of carbonyl (C=O) groups excluding carboxylic acids is 1. The molecule has 0 aliphatic carbocycles. The normalized spacial score (nSPS) is 19.3. The van der Waals surface area contributed by atoms with Gasteiger partial charge in [-0.05, 0) is 25.5 Å². The molecule has 1 aromatic rings. The highest BCUT2D eigenvalue weighted by molar-refractivity contribution is 5.97. The summed E-state index contributed by atoms with van der Waals surface area (Å²) in [4.78, 5) is 13.3. The van der Waals surface area contributed by atoms with Crippen LogP contribution in [0.2, 0.25) is 0 Å². The molecule has 0 saturated carbocycles. The minimum Gasteiger partial charge on any atom is -0.507 e. The molecule has 1 aromatic carbocycles. The molecule has 0 bridgehead atoms. The molecular weight excluding hydrogens is 218 g/mol. The van der Waals surface area contributed by atoms with Crippen LogP contribution in [0.1, 0.15) is 23.7 Å². The molecule has 1 N–H and O–H groups in total. The summed E-state index contributed by atoms with van der Waals surface area (Å²) >= 11 is 0. The van der Waals surface area contributed by atoms with Crippen molar-refractivity contribution in [1.82, 2.24) is 0 Å². The van der Waals surface area contributed by atoms with Crippen LogP contribution in [0.25, 0.3) is 0 Å². The molecule has 0 amide bonds. The molecule has 1 fully saturated rings. The van der Waals surface area contributed by atoms with Crippen molar-refractivity contribution in [3.8, 4) is 5.75 Å². The maximum absolute atomic E-state index is 11.2. The van der Waals surface area contributed by atoms with Crippen molar-refractivity contribution in [3.05, 3.63) is 23.8 Å². The lowest BCUT2D eigenvalue weighted by atomic mass is 10.1. The second kappa shape index (κ2) is 4.75. The molecule has 1 unspecified atom stereocenters. The van der Waals surface area contributed by atoms with E-state index in [0.29, 0.717) is 18.2 Å². The van der Waals surface area contributed by atoms with Crippen molar-refractivity contribution < 1.29 is 14.6 Å². The summed E-state index contributed by atoms with van der Waals surface area (Å²) in [5.41, 5.74) is 1.27. The van der Waals surface area contributed by atoms with Crippen molar-refractivity contribution in [2.75, 3.05) is 25.2 Å². The molecular formula is C13H17NO3. The first kappa shape index (κ1) is 11.9. The summed E-state index contributed by atoms with van der Waals surface area (Å²) in [7, 11) is 1.97. The number of ketones is 1. The fraction of sp³-hybridized carbons (Fsp3) is 0.462. The zero-order chi connectivity index (χ0) is 12.4. The second-order valence-corrected chi connectivity index (χ2v) is 4.39. The number of hydrogen-bond acceptors (Lipinski definition) is 4. The van der Waals surface area contributed by atoms with Gasteiger partial charge in [-0.1, -0.05) is 0 Å². The smallest absolute Gasteiger partial charge is 0.163 e. The maximum Gasteiger partial charge on any atom is 0.163 e. The van der Waals surface area contributed by atoms with Gasteiger partial charge in [0.15, 0.2) is 5.78 Å². The van der Waals surface area contributed by atoms with Crippen molar-refractivity contribution in [1.29, 1.82) is 0 Å². The first-order chi connectivity index (χ1) is 8.09. The van der Waals surface area contributed by atoms with Crippen LogP contribution in [0.3, 0.4) is 0 Å². The minimum atomic E-state index is -0.124. The Labute approximate surface area is 101 Å². The van der Waals surface area contributed by atoms with E-state index in [1.165, 1.54) is 6.92 Å². The van der Waals surface area contributed by atoms with E-state index < -0.39 is 0 Å². The summed E-state index contributed by atoms with van der Waals surface area (Å²) in [6.45, 7) is 2.95. The van der Waals surface area contributed by atoms with Crippen LogP contribution in [-0.4, -0.2) is 37.2 Å². The van der Waals surface area contributed by atoms with Crippen LogP contribution in [-0.2, 0) is 4.74 Å². The summed E-state index contributed by atoms with van der Waals surface area (Å²) in [6.07, 6.45) is 0.992. The van der Waals surface area contributed by atoms with Crippen LogP contribution >= 0.6 is 0 Å². The van der Waals surface area contributed by atoms with Crippen molar-refractivity contribution in [2.45, 2.75) is 19.4 Å². The van der Waals surface area contributed by atoms with E-state index in [-0.39, 0.29) is 11.5 Å². The van der Waals surface area contributed by atoms with Gasteiger partial charge in [0.1, 0.15) is 5.75 Å². The molecule has 92 valence electrons. The molecule has 1 aliphatic heterocycles. The Morgan fingerprint density at radius 2 is 2.29 bits per heavy atom. The highest BCUT2D eigenvalue weighted by Gasteiger charge is 2.21. The van der Waals surface area contributed by atoms with Crippen LogP contribution in [0.5, 0.6) is 5.75 Å². The molecule has 4 heteroatoms. The fourth-order valence-electron chi connectivity index (χ4n) is 2.08. The number of Topliss-reactive ketones (excluding diaryl/α,β-unsaturated/α-hetero) is 1. The van der Waals surface area contributed by atoms with E-state index in [9.17, 15) is 9.90 Å². The number of aromatic hydroxyl groups is 1. The Morgan fingerprint density at radius 1 is 1.53 bits per heavy atom. The molecule has 1 aliphatic rings. The number of anilines is 1. The molecule has 1 atom stereocenters. The standard InChI is InChI=1S/C13H17NO3/c1-9(15)12-4-3-10(7-13(12)16)14(2)11-5-6-17-8-11/h3-4,7,11,16H,5-6,8H2,1-2H3. The van der Waals surface area contributed by atoms with Crippen molar-refractivity contribution in [3.63, 3.8) is 0 Å². The van der Waals surface area contributed by atoms with Crippen LogP contribution in [0.15, 0.2) is 18.2 Å². The van der Waals surface area contributed by atoms with E-state index in [0.717, 1.165) is 18.7 Å². The monoisotopic (exact) mass is 235 g/mol. The van der Waals surface area contributed by atoms with Crippen molar-refractivity contribution >= 4 is 11.5 Å². The van der Waals surface area contributed by atoms with Gasteiger partial charge < -0.3 is 14.7 Å². The molecule has 17 heavy (non-hydrogen) atoms. The molecule has 1 saturated heterocycles. The van der Waals surface area contributed by atoms with Crippen LogP contribution in [0.4, 0.5) is 5.69 Å². The van der Waals surface area contributed by atoms with Crippen molar-refractivity contribution in [2.24, 2.45) is 0 Å². The van der Waals surface area contributed by atoms with Gasteiger partial charge >= 0.3 is 0 Å². The number of rotatable bonds is 3. The summed E-state index contributed by atoms with van der Waals surface area (Å²) < 4.78 is 5.33. The van der Waals surface area contributed by atoms with Gasteiger partial charge in [0.25, 0.3) is 0 Å². The van der Waals surface area contributed by atoms with E-state index in [4.69, 9.17) is 4.74 Å². The zero-order valence-electron chi connectivity index (χ0n) is 10.1. The fourth-order valence-corrected chi connectivity index (χ4v) is 2.08. The minimum absolute atomic E-state index is 0.0424. The third-order valence-corrected chi connectivity index (χ3v) is 3.22. The van der Waals surface area contributed by atoms with Gasteiger partial charge in [0.2, 0.25) is 0 Å². The highest BCUT2D eigenvalue weighted by atomic mass is 16.5. The van der Waals surface area contributed by atoms with Gasteiger partial charge in [-0.2, -0.15) is 0 Å².